The molecule has 0 aliphatic heterocycles. The first-order valence-corrected chi connectivity index (χ1v) is 7.38. The van der Waals surface area contributed by atoms with Crippen molar-refractivity contribution in [3.8, 4) is 0 Å². The minimum absolute atomic E-state index is 0.00517. The molecule has 0 aromatic heterocycles. The van der Waals surface area contributed by atoms with Crippen LogP contribution in [0.15, 0.2) is 0 Å². The van der Waals surface area contributed by atoms with Crippen LogP contribution in [0.1, 0.15) is 41.0 Å². The van der Waals surface area contributed by atoms with Gasteiger partial charge in [0.05, 0.1) is 0 Å². The monoisotopic (exact) mass is 301 g/mol. The molecule has 0 spiro atoms. The molecule has 0 bridgehead atoms. The van der Waals surface area contributed by atoms with Crippen LogP contribution in [0.3, 0.4) is 0 Å². The third-order valence-corrected chi connectivity index (χ3v) is 3.07. The molecule has 21 heavy (non-hydrogen) atoms. The summed E-state index contributed by atoms with van der Waals surface area (Å²) in [5.74, 6) is -0.571. The zero-order chi connectivity index (χ0) is 16.8. The van der Waals surface area contributed by atoms with E-state index >= 15 is 0 Å². The van der Waals surface area contributed by atoms with E-state index in [1.807, 2.05) is 19.0 Å². The number of hydrogen-bond donors (Lipinski definition) is 3. The molecule has 0 fully saturated rings. The number of rotatable bonds is 7. The van der Waals surface area contributed by atoms with Gasteiger partial charge in [0.25, 0.3) is 0 Å². The van der Waals surface area contributed by atoms with E-state index in [1.54, 1.807) is 20.8 Å². The summed E-state index contributed by atoms with van der Waals surface area (Å²) in [6.45, 7) is 10.3. The molecule has 6 nitrogen and oxygen atoms in total. The molecular formula is C15H31N3O3. The summed E-state index contributed by atoms with van der Waals surface area (Å²) >= 11 is 0. The quantitative estimate of drug-likeness (QED) is 0.669. The van der Waals surface area contributed by atoms with Crippen molar-refractivity contribution in [2.75, 3.05) is 20.6 Å². The summed E-state index contributed by atoms with van der Waals surface area (Å²) in [6.07, 6.45) is 0.846. The van der Waals surface area contributed by atoms with Crippen molar-refractivity contribution in [2.24, 2.45) is 11.3 Å². The van der Waals surface area contributed by atoms with Gasteiger partial charge in [-0.15, -0.1) is 0 Å². The Hall–Kier alpha value is -1.30. The first-order valence-electron chi connectivity index (χ1n) is 7.38. The minimum atomic E-state index is -1.02. The Kier molecular flexibility index (Phi) is 7.71. The molecule has 0 saturated carbocycles. The lowest BCUT2D eigenvalue weighted by Crippen LogP contribution is -2.55. The third kappa shape index (κ3) is 8.55. The highest BCUT2D eigenvalue weighted by atomic mass is 16.4. The molecule has 2 atom stereocenters. The Balaban J connectivity index is 4.71. The van der Waals surface area contributed by atoms with E-state index in [0.29, 0.717) is 5.92 Å². The van der Waals surface area contributed by atoms with E-state index in [4.69, 9.17) is 0 Å². The van der Waals surface area contributed by atoms with Crippen LogP contribution in [0.2, 0.25) is 0 Å². The fourth-order valence-corrected chi connectivity index (χ4v) is 2.20. The van der Waals surface area contributed by atoms with Crippen LogP contribution >= 0.6 is 0 Å². The molecule has 0 aromatic carbocycles. The number of nitrogens with zero attached hydrogens (tertiary/aromatic N) is 1. The number of urea groups is 1. The van der Waals surface area contributed by atoms with Crippen molar-refractivity contribution in [1.82, 2.24) is 15.5 Å². The predicted molar refractivity (Wildman–Crippen MR) is 84.3 cm³/mol. The molecule has 6 heteroatoms. The van der Waals surface area contributed by atoms with Gasteiger partial charge in [0.1, 0.15) is 6.04 Å². The maximum Gasteiger partial charge on any atom is 0.326 e. The predicted octanol–water partition coefficient (Wildman–Crippen LogP) is 1.76. The topological polar surface area (TPSA) is 81.7 Å². The van der Waals surface area contributed by atoms with Gasteiger partial charge in [-0.05, 0) is 31.8 Å². The van der Waals surface area contributed by atoms with Gasteiger partial charge in [0.2, 0.25) is 0 Å². The number of nitrogens with one attached hydrogen (secondary N) is 2. The molecule has 0 saturated heterocycles. The number of carbonyl (C=O) groups excluding carboxylic acids is 1. The van der Waals surface area contributed by atoms with Crippen LogP contribution in [0.4, 0.5) is 4.79 Å². The van der Waals surface area contributed by atoms with Crippen LogP contribution in [0, 0.1) is 11.3 Å². The number of carbonyl (C=O) groups is 2. The van der Waals surface area contributed by atoms with Crippen LogP contribution in [0.5, 0.6) is 0 Å². The number of hydrogen-bond acceptors (Lipinski definition) is 3. The number of likely N-dealkylation sites (N-methyl/N-ethyl adjacent to an activating group) is 1. The maximum atomic E-state index is 12.1. The zero-order valence-corrected chi connectivity index (χ0v) is 14.4. The molecular weight excluding hydrogens is 270 g/mol. The van der Waals surface area contributed by atoms with E-state index in [0.717, 1.165) is 13.0 Å². The van der Waals surface area contributed by atoms with Crippen molar-refractivity contribution >= 4 is 12.0 Å². The summed E-state index contributed by atoms with van der Waals surface area (Å²) in [5.41, 5.74) is -0.543. The highest BCUT2D eigenvalue weighted by Gasteiger charge is 2.33. The highest BCUT2D eigenvalue weighted by molar-refractivity contribution is 5.83. The Morgan fingerprint density at radius 2 is 1.67 bits per heavy atom. The lowest BCUT2D eigenvalue weighted by Gasteiger charge is -2.30. The summed E-state index contributed by atoms with van der Waals surface area (Å²) in [6, 6.07) is -1.35. The second kappa shape index (κ2) is 8.22. The number of aliphatic carboxylic acids is 1. The first kappa shape index (κ1) is 19.7. The fraction of sp³-hybridized carbons (Fsp3) is 0.867. The summed E-state index contributed by atoms with van der Waals surface area (Å²) in [4.78, 5) is 25.4. The largest absolute Gasteiger partial charge is 0.480 e. The smallest absolute Gasteiger partial charge is 0.326 e. The van der Waals surface area contributed by atoms with Crippen LogP contribution < -0.4 is 10.6 Å². The first-order chi connectivity index (χ1) is 9.43. The van der Waals surface area contributed by atoms with Crippen molar-refractivity contribution in [1.29, 1.82) is 0 Å². The van der Waals surface area contributed by atoms with E-state index in [9.17, 15) is 14.7 Å². The highest BCUT2D eigenvalue weighted by Crippen LogP contribution is 2.19. The third-order valence-electron chi connectivity index (χ3n) is 3.07. The molecule has 2 amide bonds. The molecule has 3 N–H and O–H groups in total. The normalized spacial score (nSPS) is 14.9. The van der Waals surface area contributed by atoms with Crippen LogP contribution in [-0.2, 0) is 4.79 Å². The van der Waals surface area contributed by atoms with Gasteiger partial charge in [-0.2, -0.15) is 0 Å². The lowest BCUT2D eigenvalue weighted by molar-refractivity contribution is -0.141. The van der Waals surface area contributed by atoms with E-state index < -0.39 is 23.5 Å². The summed E-state index contributed by atoms with van der Waals surface area (Å²) in [7, 11) is 3.89. The molecule has 0 aliphatic carbocycles. The van der Waals surface area contributed by atoms with Gasteiger partial charge >= 0.3 is 12.0 Å². The fourth-order valence-electron chi connectivity index (χ4n) is 2.20. The van der Waals surface area contributed by atoms with Crippen molar-refractivity contribution in [2.45, 2.75) is 53.1 Å². The Morgan fingerprint density at radius 1 is 1.14 bits per heavy atom. The molecule has 1 unspecified atom stereocenters. The number of carboxylic acids is 1. The van der Waals surface area contributed by atoms with Crippen LogP contribution in [0.25, 0.3) is 0 Å². The Bertz CT molecular complexity index is 339. The van der Waals surface area contributed by atoms with E-state index in [1.165, 1.54) is 0 Å². The van der Waals surface area contributed by atoms with Gasteiger partial charge in [-0.3, -0.25) is 0 Å². The summed E-state index contributed by atoms with van der Waals surface area (Å²) < 4.78 is 0. The molecule has 124 valence electrons. The molecule has 0 rings (SSSR count). The van der Waals surface area contributed by atoms with Crippen LogP contribution in [-0.4, -0.2) is 54.7 Å². The molecule has 0 heterocycles. The zero-order valence-electron chi connectivity index (χ0n) is 14.4. The minimum Gasteiger partial charge on any atom is -0.480 e. The van der Waals surface area contributed by atoms with Gasteiger partial charge in [-0.1, -0.05) is 34.6 Å². The van der Waals surface area contributed by atoms with Gasteiger partial charge in [0.15, 0.2) is 0 Å². The molecule has 0 aromatic rings. The lowest BCUT2D eigenvalue weighted by atomic mass is 9.87. The second-order valence-corrected chi connectivity index (χ2v) is 7.34. The van der Waals surface area contributed by atoms with Crippen molar-refractivity contribution in [3.05, 3.63) is 0 Å². The number of amides is 2. The second-order valence-electron chi connectivity index (χ2n) is 7.34. The van der Waals surface area contributed by atoms with Crippen molar-refractivity contribution < 1.29 is 14.7 Å². The van der Waals surface area contributed by atoms with Gasteiger partial charge in [-0.25, -0.2) is 9.59 Å². The van der Waals surface area contributed by atoms with Crippen molar-refractivity contribution in [3.63, 3.8) is 0 Å². The standard InChI is InChI=1S/C15H31N3O3/c1-10(2)8-11(9-18(6)7)16-14(21)17-12(13(19)20)15(3,4)5/h10-12H,8-9H2,1-7H3,(H,19,20)(H2,16,17,21)/t11?,12-/m0/s1. The Labute approximate surface area is 128 Å². The Morgan fingerprint density at radius 3 is 2.00 bits per heavy atom. The summed E-state index contributed by atoms with van der Waals surface area (Å²) in [5, 5.41) is 14.7. The maximum absolute atomic E-state index is 12.1. The van der Waals surface area contributed by atoms with E-state index in [2.05, 4.69) is 24.5 Å². The average Bonchev–Trinajstić information content (AvgIpc) is 2.21. The molecule has 0 radical (unpaired) electrons. The molecule has 0 aliphatic rings. The van der Waals surface area contributed by atoms with Gasteiger partial charge < -0.3 is 20.6 Å². The number of carboxylic acid groups (broad SMARTS) is 1. The van der Waals surface area contributed by atoms with Gasteiger partial charge in [0, 0.05) is 12.6 Å². The SMILES string of the molecule is CC(C)CC(CN(C)C)NC(=O)N[C@@H](C(=O)O)C(C)(C)C. The average molecular weight is 301 g/mol. The van der Waals surface area contributed by atoms with E-state index in [-0.39, 0.29) is 6.04 Å².